The van der Waals surface area contributed by atoms with E-state index in [0.29, 0.717) is 44.2 Å². The van der Waals surface area contributed by atoms with Crippen LogP contribution in [0.4, 0.5) is 27.2 Å². The number of carbonyl (C=O) groups excluding carboxylic acids is 3. The summed E-state index contributed by atoms with van der Waals surface area (Å²) in [6.45, 7) is 6.89. The number of hydrogen-bond acceptors (Lipinski definition) is 8. The molecule has 15 heteroatoms. The number of carbonyl (C=O) groups is 3. The Hall–Kier alpha value is -3.75. The Balaban J connectivity index is 1.35. The largest absolute Gasteiger partial charge is 0.444 e. The zero-order chi connectivity index (χ0) is 31.9. The Morgan fingerprint density at radius 1 is 1.11 bits per heavy atom. The van der Waals surface area contributed by atoms with E-state index in [4.69, 9.17) is 14.0 Å². The summed E-state index contributed by atoms with van der Waals surface area (Å²) in [6, 6.07) is 1.76. The molecule has 44 heavy (non-hydrogen) atoms. The van der Waals surface area contributed by atoms with Crippen LogP contribution >= 0.6 is 0 Å². The van der Waals surface area contributed by atoms with Crippen molar-refractivity contribution >= 4 is 18.0 Å². The summed E-state index contributed by atoms with van der Waals surface area (Å²) in [7, 11) is 0. The summed E-state index contributed by atoms with van der Waals surface area (Å²) in [4.78, 5) is 48.7. The van der Waals surface area contributed by atoms with E-state index in [0.717, 1.165) is 23.8 Å². The molecule has 3 aliphatic rings. The van der Waals surface area contributed by atoms with Gasteiger partial charge >= 0.3 is 18.3 Å². The molecule has 1 aromatic heterocycles. The first-order chi connectivity index (χ1) is 20.7. The molecule has 0 saturated carbocycles. The Kier molecular flexibility index (Phi) is 8.62. The predicted molar refractivity (Wildman–Crippen MR) is 145 cm³/mol. The molecule has 4 amide bonds. The number of halogens is 4. The number of nitrogens with zero attached hydrogens (tertiary/aromatic N) is 5. The van der Waals surface area contributed by atoms with Gasteiger partial charge in [-0.25, -0.2) is 14.0 Å². The highest BCUT2D eigenvalue weighted by atomic mass is 19.4. The molecule has 4 heterocycles. The number of aromatic nitrogens is 2. The molecule has 11 nitrogen and oxygen atoms in total. The first-order valence-corrected chi connectivity index (χ1v) is 14.6. The maximum atomic E-state index is 14.0. The van der Waals surface area contributed by atoms with Gasteiger partial charge in [-0.3, -0.25) is 9.69 Å². The Labute approximate surface area is 251 Å². The number of likely N-dealkylation sites (tertiary alicyclic amines) is 1. The van der Waals surface area contributed by atoms with E-state index in [1.54, 1.807) is 25.7 Å². The number of hydrogen-bond donors (Lipinski definition) is 0. The lowest BCUT2D eigenvalue weighted by Crippen LogP contribution is -2.58. The van der Waals surface area contributed by atoms with Crippen LogP contribution in [0.3, 0.4) is 0 Å². The molecule has 0 radical (unpaired) electrons. The van der Waals surface area contributed by atoms with E-state index in [2.05, 4.69) is 10.1 Å². The minimum atomic E-state index is -4.93. The van der Waals surface area contributed by atoms with Crippen molar-refractivity contribution in [3.8, 4) is 11.4 Å². The first-order valence-electron chi connectivity index (χ1n) is 14.6. The SMILES string of the molecule is CC(C)(C)OC(=O)N1CCC2(CC1)C(=O)N(Cc1nc(-c3ccc(F)c(C(F)(F)F)c3)no1)C(=O)N2CCC1CCOCC1. The van der Waals surface area contributed by atoms with Crippen molar-refractivity contribution in [2.75, 3.05) is 32.8 Å². The Morgan fingerprint density at radius 2 is 1.80 bits per heavy atom. The second-order valence-electron chi connectivity index (χ2n) is 12.4. The lowest BCUT2D eigenvalue weighted by molar-refractivity contribution is -0.140. The van der Waals surface area contributed by atoms with Gasteiger partial charge in [-0.2, -0.15) is 18.2 Å². The lowest BCUT2D eigenvalue weighted by atomic mass is 9.85. The molecule has 5 rings (SSSR count). The van der Waals surface area contributed by atoms with E-state index in [1.165, 1.54) is 4.90 Å². The number of imide groups is 1. The zero-order valence-electron chi connectivity index (χ0n) is 24.8. The predicted octanol–water partition coefficient (Wildman–Crippen LogP) is 5.25. The summed E-state index contributed by atoms with van der Waals surface area (Å²) in [5, 5.41) is 3.70. The highest BCUT2D eigenvalue weighted by Gasteiger charge is 2.58. The average Bonchev–Trinajstić information content (AvgIpc) is 3.49. The van der Waals surface area contributed by atoms with Crippen LogP contribution in [0.1, 0.15) is 64.3 Å². The van der Waals surface area contributed by atoms with Gasteiger partial charge in [-0.1, -0.05) is 5.16 Å². The van der Waals surface area contributed by atoms with Crippen molar-refractivity contribution in [2.45, 2.75) is 76.7 Å². The van der Waals surface area contributed by atoms with E-state index < -0.39 is 53.3 Å². The summed E-state index contributed by atoms with van der Waals surface area (Å²) in [5.74, 6) is -2.01. The van der Waals surface area contributed by atoms with Crippen molar-refractivity contribution < 1.29 is 45.9 Å². The van der Waals surface area contributed by atoms with Gasteiger partial charge in [-0.15, -0.1) is 0 Å². The van der Waals surface area contributed by atoms with Gasteiger partial charge in [0.15, 0.2) is 0 Å². The molecule has 1 aromatic carbocycles. The summed E-state index contributed by atoms with van der Waals surface area (Å²) in [6.07, 6.45) is -2.65. The van der Waals surface area contributed by atoms with Crippen LogP contribution in [-0.4, -0.2) is 86.9 Å². The molecule has 3 aliphatic heterocycles. The van der Waals surface area contributed by atoms with Gasteiger partial charge in [0.2, 0.25) is 11.7 Å². The van der Waals surface area contributed by atoms with Gasteiger partial charge < -0.3 is 23.8 Å². The maximum Gasteiger partial charge on any atom is 0.419 e. The van der Waals surface area contributed by atoms with Gasteiger partial charge in [-0.05, 0) is 77.0 Å². The quantitative estimate of drug-likeness (QED) is 0.316. The van der Waals surface area contributed by atoms with E-state index in [9.17, 15) is 31.9 Å². The van der Waals surface area contributed by atoms with Crippen LogP contribution in [0.5, 0.6) is 0 Å². The fraction of sp³-hybridized carbons (Fsp3) is 0.621. The second-order valence-corrected chi connectivity index (χ2v) is 12.4. The third-order valence-corrected chi connectivity index (χ3v) is 8.26. The summed E-state index contributed by atoms with van der Waals surface area (Å²) < 4.78 is 69.6. The number of ether oxygens (including phenoxy) is 2. The fourth-order valence-electron chi connectivity index (χ4n) is 5.90. The van der Waals surface area contributed by atoms with E-state index >= 15 is 0 Å². The van der Waals surface area contributed by atoms with Gasteiger partial charge in [0.1, 0.15) is 23.5 Å². The van der Waals surface area contributed by atoms with E-state index in [-0.39, 0.29) is 43.2 Å². The molecule has 0 bridgehead atoms. The number of alkyl halides is 3. The number of amides is 4. The topological polar surface area (TPSA) is 118 Å². The summed E-state index contributed by atoms with van der Waals surface area (Å²) >= 11 is 0. The van der Waals surface area contributed by atoms with Crippen molar-refractivity contribution in [3.05, 3.63) is 35.5 Å². The first kappa shape index (κ1) is 31.7. The molecular formula is C29H35F4N5O6. The van der Waals surface area contributed by atoms with Crippen LogP contribution in [0.25, 0.3) is 11.4 Å². The third-order valence-electron chi connectivity index (χ3n) is 8.26. The highest BCUT2D eigenvalue weighted by molar-refractivity contribution is 6.07. The monoisotopic (exact) mass is 625 g/mol. The molecule has 240 valence electrons. The molecule has 1 spiro atoms. The van der Waals surface area contributed by atoms with Crippen LogP contribution in [0.15, 0.2) is 22.7 Å². The van der Waals surface area contributed by atoms with Gasteiger partial charge in [0.05, 0.1) is 5.56 Å². The van der Waals surface area contributed by atoms with Crippen molar-refractivity contribution in [3.63, 3.8) is 0 Å². The minimum absolute atomic E-state index is 0.142. The minimum Gasteiger partial charge on any atom is -0.444 e. The lowest BCUT2D eigenvalue weighted by Gasteiger charge is -2.42. The van der Waals surface area contributed by atoms with Crippen LogP contribution < -0.4 is 0 Å². The molecule has 3 saturated heterocycles. The fourth-order valence-corrected chi connectivity index (χ4v) is 5.90. The Bertz CT molecular complexity index is 1390. The normalized spacial score (nSPS) is 19.8. The van der Waals surface area contributed by atoms with Crippen LogP contribution in [0, 0.1) is 11.7 Å². The molecule has 0 unspecified atom stereocenters. The van der Waals surface area contributed by atoms with Crippen molar-refractivity contribution in [1.82, 2.24) is 24.8 Å². The molecule has 0 N–H and O–H groups in total. The third kappa shape index (κ3) is 6.52. The molecule has 0 atom stereocenters. The zero-order valence-corrected chi connectivity index (χ0v) is 24.8. The molecule has 0 aliphatic carbocycles. The smallest absolute Gasteiger partial charge is 0.419 e. The maximum absolute atomic E-state index is 14.0. The molecular weight excluding hydrogens is 590 g/mol. The van der Waals surface area contributed by atoms with Crippen LogP contribution in [-0.2, 0) is 27.0 Å². The van der Waals surface area contributed by atoms with Crippen molar-refractivity contribution in [1.29, 1.82) is 0 Å². The number of urea groups is 1. The van der Waals surface area contributed by atoms with E-state index in [1.807, 2.05) is 0 Å². The average molecular weight is 626 g/mol. The number of rotatable bonds is 6. The van der Waals surface area contributed by atoms with Gasteiger partial charge in [0, 0.05) is 38.4 Å². The number of benzene rings is 1. The van der Waals surface area contributed by atoms with Gasteiger partial charge in [0.25, 0.3) is 5.91 Å². The molecule has 2 aromatic rings. The Morgan fingerprint density at radius 3 is 2.43 bits per heavy atom. The van der Waals surface area contributed by atoms with Crippen LogP contribution in [0.2, 0.25) is 0 Å². The number of piperidine rings is 1. The standard InChI is InChI=1S/C29H35F4N5O6/c1-27(2,3)43-26(41)36-12-9-28(10-13-36)24(39)37(25(40)38(28)11-6-18-7-14-42-15-8-18)17-22-34-23(35-44-22)19-4-5-21(30)20(16-19)29(31,32)33/h4-5,16,18H,6-15,17H2,1-3H3. The highest BCUT2D eigenvalue weighted by Crippen LogP contribution is 2.39. The molecule has 3 fully saturated rings. The summed E-state index contributed by atoms with van der Waals surface area (Å²) in [5.41, 5.74) is -3.51. The van der Waals surface area contributed by atoms with Crippen molar-refractivity contribution in [2.24, 2.45) is 5.92 Å². The second kappa shape index (κ2) is 12.0.